The molecule has 3 fully saturated rings. The number of nitrogens with one attached hydrogen (secondary N) is 1. The summed E-state index contributed by atoms with van der Waals surface area (Å²) in [5.74, 6) is 1.11. The van der Waals surface area contributed by atoms with Crippen LogP contribution < -0.4 is 5.09 Å². The van der Waals surface area contributed by atoms with E-state index in [0.717, 1.165) is 36.0 Å². The van der Waals surface area contributed by atoms with Crippen LogP contribution in [0.15, 0.2) is 49.2 Å². The molecule has 3 saturated heterocycles. The van der Waals surface area contributed by atoms with Crippen molar-refractivity contribution in [3.63, 3.8) is 0 Å². The normalized spacial score (nSPS) is 26.7. The molecule has 32 heavy (non-hydrogen) atoms. The number of fused-ring (bicyclic) bond motifs is 4. The highest BCUT2D eigenvalue weighted by atomic mass is 31.2. The highest BCUT2D eigenvalue weighted by Crippen LogP contribution is 2.51. The fraction of sp³-hybridized carbons (Fsp3) is 0.560. The van der Waals surface area contributed by atoms with Gasteiger partial charge in [-0.05, 0) is 76.6 Å². The molecule has 1 aromatic carbocycles. The van der Waals surface area contributed by atoms with Gasteiger partial charge in [-0.25, -0.2) is 9.65 Å². The zero-order chi connectivity index (χ0) is 22.9. The second-order valence-corrected chi connectivity index (χ2v) is 11.3. The summed E-state index contributed by atoms with van der Waals surface area (Å²) in [7, 11) is -3.56. The van der Waals surface area contributed by atoms with E-state index < -0.39 is 7.75 Å². The molecule has 0 radical (unpaired) electrons. The van der Waals surface area contributed by atoms with Crippen molar-refractivity contribution in [3.05, 3.63) is 54.7 Å². The molecule has 5 rings (SSSR count). The maximum atomic E-state index is 13.9. The monoisotopic (exact) mass is 457 g/mol. The van der Waals surface area contributed by atoms with Gasteiger partial charge < -0.3 is 0 Å². The molecule has 0 aliphatic carbocycles. The summed E-state index contributed by atoms with van der Waals surface area (Å²) < 4.78 is 25.7. The average molecular weight is 458 g/mol. The van der Waals surface area contributed by atoms with Crippen molar-refractivity contribution in [1.29, 1.82) is 0 Å². The van der Waals surface area contributed by atoms with Gasteiger partial charge in [-0.1, -0.05) is 24.3 Å². The van der Waals surface area contributed by atoms with Gasteiger partial charge >= 0.3 is 7.75 Å². The van der Waals surface area contributed by atoms with Crippen molar-refractivity contribution >= 4 is 18.6 Å². The van der Waals surface area contributed by atoms with E-state index in [0.29, 0.717) is 11.8 Å². The van der Waals surface area contributed by atoms with Crippen LogP contribution in [-0.2, 0) is 13.6 Å². The lowest BCUT2D eigenvalue weighted by Crippen LogP contribution is -2.56. The largest absolute Gasteiger partial charge is 0.406 e. The van der Waals surface area contributed by atoms with Crippen LogP contribution in [0.25, 0.3) is 10.9 Å². The van der Waals surface area contributed by atoms with Crippen LogP contribution in [0, 0.1) is 11.8 Å². The molecule has 3 aliphatic rings. The quantitative estimate of drug-likeness (QED) is 0.384. The van der Waals surface area contributed by atoms with E-state index in [1.54, 1.807) is 0 Å². The average Bonchev–Trinajstić information content (AvgIpc) is 2.76. The molecule has 4 heterocycles. The highest BCUT2D eigenvalue weighted by Gasteiger charge is 2.45. The standard InChI is InChI=1S/C25H36N3O3P/c1-6-19-16-28-14-12-20(19)15-24(28)25(27-32(29,30-17(2)3)31-18(4)5)22-11-13-26-23-10-8-7-9-21(22)23/h6-11,13,17-20,24-25H,1,12,14-16H2,2-5H3,(H,27,29)/t19-,20-,24-,25-/m0/s1. The molecule has 174 valence electrons. The summed E-state index contributed by atoms with van der Waals surface area (Å²) in [5, 5.41) is 4.47. The van der Waals surface area contributed by atoms with E-state index in [9.17, 15) is 4.57 Å². The van der Waals surface area contributed by atoms with E-state index >= 15 is 0 Å². The Morgan fingerprint density at radius 1 is 1.19 bits per heavy atom. The second kappa shape index (κ2) is 9.74. The van der Waals surface area contributed by atoms with Crippen molar-refractivity contribution in [2.24, 2.45) is 11.8 Å². The Kier molecular flexibility index (Phi) is 7.18. The van der Waals surface area contributed by atoms with Crippen LogP contribution in [0.5, 0.6) is 0 Å². The van der Waals surface area contributed by atoms with Crippen LogP contribution >= 0.6 is 7.75 Å². The van der Waals surface area contributed by atoms with Gasteiger partial charge in [-0.15, -0.1) is 6.58 Å². The van der Waals surface area contributed by atoms with Crippen LogP contribution in [-0.4, -0.2) is 41.2 Å². The molecule has 5 atom stereocenters. The van der Waals surface area contributed by atoms with Crippen LogP contribution in [0.4, 0.5) is 0 Å². The minimum atomic E-state index is -3.56. The molecular weight excluding hydrogens is 421 g/mol. The van der Waals surface area contributed by atoms with Gasteiger partial charge in [0.25, 0.3) is 0 Å². The van der Waals surface area contributed by atoms with Gasteiger partial charge in [-0.2, -0.15) is 0 Å². The number of hydrogen-bond donors (Lipinski definition) is 1. The molecule has 1 N–H and O–H groups in total. The molecule has 0 saturated carbocycles. The van der Waals surface area contributed by atoms with Crippen molar-refractivity contribution in [2.45, 2.75) is 64.8 Å². The maximum absolute atomic E-state index is 13.9. The van der Waals surface area contributed by atoms with Crippen LogP contribution in [0.2, 0.25) is 0 Å². The number of benzene rings is 1. The number of rotatable bonds is 9. The van der Waals surface area contributed by atoms with E-state index in [4.69, 9.17) is 9.05 Å². The Morgan fingerprint density at radius 3 is 2.53 bits per heavy atom. The molecular formula is C25H36N3O3P. The summed E-state index contributed by atoms with van der Waals surface area (Å²) in [6.07, 6.45) is 5.69. The van der Waals surface area contributed by atoms with Gasteiger partial charge in [0.1, 0.15) is 0 Å². The Hall–Kier alpha value is -1.56. The Morgan fingerprint density at radius 2 is 1.91 bits per heavy atom. The second-order valence-electron chi connectivity index (χ2n) is 9.58. The lowest BCUT2D eigenvalue weighted by atomic mass is 9.73. The molecule has 1 aromatic heterocycles. The summed E-state index contributed by atoms with van der Waals surface area (Å²) in [5.41, 5.74) is 2.02. The fourth-order valence-corrected chi connectivity index (χ4v) is 7.22. The third-order valence-electron chi connectivity index (χ3n) is 6.55. The first-order valence-electron chi connectivity index (χ1n) is 11.7. The zero-order valence-electron chi connectivity index (χ0n) is 19.6. The summed E-state index contributed by atoms with van der Waals surface area (Å²) >= 11 is 0. The summed E-state index contributed by atoms with van der Waals surface area (Å²) in [6, 6.07) is 10.2. The van der Waals surface area contributed by atoms with Gasteiger partial charge in [0, 0.05) is 24.2 Å². The number of pyridine rings is 1. The van der Waals surface area contributed by atoms with E-state index in [-0.39, 0.29) is 24.3 Å². The number of nitrogens with zero attached hydrogens (tertiary/aromatic N) is 2. The third kappa shape index (κ3) is 5.00. The predicted molar refractivity (Wildman–Crippen MR) is 129 cm³/mol. The third-order valence-corrected chi connectivity index (χ3v) is 8.55. The molecule has 7 heteroatoms. The SMILES string of the molecule is C=C[C@H]1CN2CC[C@H]1C[C@H]2[C@@H](NP(=O)(OC(C)C)OC(C)C)c1ccnc2ccccc12. The van der Waals surface area contributed by atoms with Crippen LogP contribution in [0.1, 0.15) is 52.1 Å². The van der Waals surface area contributed by atoms with Gasteiger partial charge in [0.2, 0.25) is 0 Å². The van der Waals surface area contributed by atoms with Gasteiger partial charge in [0.15, 0.2) is 0 Å². The maximum Gasteiger partial charge on any atom is 0.406 e. The molecule has 2 bridgehead atoms. The van der Waals surface area contributed by atoms with Crippen molar-refractivity contribution in [3.8, 4) is 0 Å². The Labute approximate surface area is 192 Å². The first-order valence-corrected chi connectivity index (χ1v) is 13.3. The van der Waals surface area contributed by atoms with Crippen molar-refractivity contribution < 1.29 is 13.6 Å². The Balaban J connectivity index is 1.76. The van der Waals surface area contributed by atoms with Gasteiger partial charge in [0.05, 0.1) is 23.8 Å². The molecule has 6 nitrogen and oxygen atoms in total. The lowest BCUT2D eigenvalue weighted by Gasteiger charge is -2.52. The van der Waals surface area contributed by atoms with Crippen molar-refractivity contribution in [2.75, 3.05) is 13.1 Å². The highest BCUT2D eigenvalue weighted by molar-refractivity contribution is 7.51. The molecule has 2 aromatic rings. The minimum Gasteiger partial charge on any atom is -0.298 e. The van der Waals surface area contributed by atoms with E-state index in [1.807, 2.05) is 58.2 Å². The number of hydrogen-bond acceptors (Lipinski definition) is 5. The summed E-state index contributed by atoms with van der Waals surface area (Å²) in [6.45, 7) is 13.6. The number of piperidine rings is 3. The van der Waals surface area contributed by atoms with Gasteiger partial charge in [-0.3, -0.25) is 18.9 Å². The molecule has 0 spiro atoms. The van der Waals surface area contributed by atoms with E-state index in [1.165, 1.54) is 6.42 Å². The molecule has 0 amide bonds. The fourth-order valence-electron chi connectivity index (χ4n) is 5.29. The lowest BCUT2D eigenvalue weighted by molar-refractivity contribution is 0.00231. The molecule has 3 aliphatic heterocycles. The smallest absolute Gasteiger partial charge is 0.298 e. The van der Waals surface area contributed by atoms with Crippen molar-refractivity contribution in [1.82, 2.24) is 15.0 Å². The predicted octanol–water partition coefficient (Wildman–Crippen LogP) is 5.72. The zero-order valence-corrected chi connectivity index (χ0v) is 20.5. The van der Waals surface area contributed by atoms with E-state index in [2.05, 4.69) is 33.7 Å². The first kappa shape index (κ1) is 23.6. The number of aromatic nitrogens is 1. The minimum absolute atomic E-state index is 0.190. The summed E-state index contributed by atoms with van der Waals surface area (Å²) in [4.78, 5) is 7.07. The van der Waals surface area contributed by atoms with Crippen LogP contribution in [0.3, 0.4) is 0 Å². The first-order chi connectivity index (χ1) is 15.3. The Bertz CT molecular complexity index is 976. The number of para-hydroxylation sites is 1. The molecule has 1 unspecified atom stereocenters. The topological polar surface area (TPSA) is 63.7 Å².